The molecule has 6 heteroatoms. The summed E-state index contributed by atoms with van der Waals surface area (Å²) >= 11 is 3.15. The molecule has 21 heavy (non-hydrogen) atoms. The van der Waals surface area contributed by atoms with Crippen molar-refractivity contribution in [3.8, 4) is 0 Å². The van der Waals surface area contributed by atoms with Crippen molar-refractivity contribution in [3.63, 3.8) is 0 Å². The van der Waals surface area contributed by atoms with Crippen LogP contribution in [0.1, 0.15) is 34.7 Å². The van der Waals surface area contributed by atoms with Gasteiger partial charge in [0.1, 0.15) is 11.6 Å². The van der Waals surface area contributed by atoms with Gasteiger partial charge in [0.2, 0.25) is 0 Å². The second kappa shape index (κ2) is 5.60. The Labute approximate surface area is 128 Å². The van der Waals surface area contributed by atoms with Crippen LogP contribution in [0.25, 0.3) is 0 Å². The van der Waals surface area contributed by atoms with Gasteiger partial charge < -0.3 is 9.73 Å². The van der Waals surface area contributed by atoms with Crippen LogP contribution in [0.3, 0.4) is 0 Å². The number of rotatable bonds is 3. The minimum absolute atomic E-state index is 0.125. The van der Waals surface area contributed by atoms with Crippen molar-refractivity contribution in [3.05, 3.63) is 58.0 Å². The number of hydrogen-bond donors (Lipinski definition) is 1. The van der Waals surface area contributed by atoms with Gasteiger partial charge in [-0.25, -0.2) is 8.78 Å². The molecule has 0 saturated heterocycles. The van der Waals surface area contributed by atoms with Gasteiger partial charge >= 0.3 is 0 Å². The molecule has 0 aliphatic heterocycles. The summed E-state index contributed by atoms with van der Waals surface area (Å²) in [5.41, 5.74) is 0.847. The Morgan fingerprint density at radius 3 is 2.67 bits per heavy atom. The molecule has 110 valence electrons. The van der Waals surface area contributed by atoms with Crippen molar-refractivity contribution in [2.24, 2.45) is 0 Å². The normalized spacial score (nSPS) is 20.9. The first-order valence-corrected chi connectivity index (χ1v) is 7.34. The number of carbonyl (C=O) groups is 1. The summed E-state index contributed by atoms with van der Waals surface area (Å²) in [6, 6.07) is 4.97. The number of carbonyl (C=O) groups excluding carboxylic acids is 1. The number of nitrogens with one attached hydrogen (secondary N) is 1. The second-order valence-electron chi connectivity index (χ2n) is 5.04. The molecule has 0 unspecified atom stereocenters. The highest BCUT2D eigenvalue weighted by Crippen LogP contribution is 2.38. The average molecular weight is 356 g/mol. The molecule has 1 aromatic carbocycles. The average Bonchev–Trinajstić information content (AvgIpc) is 2.84. The lowest BCUT2D eigenvalue weighted by molar-refractivity contribution is 0.0902. The molecule has 1 amide bonds. The fourth-order valence-corrected chi connectivity index (χ4v) is 2.97. The number of halogens is 3. The minimum Gasteiger partial charge on any atom is -0.457 e. The molecule has 1 aromatic heterocycles. The van der Waals surface area contributed by atoms with E-state index in [0.29, 0.717) is 15.8 Å². The van der Waals surface area contributed by atoms with Crippen molar-refractivity contribution in [1.82, 2.24) is 5.32 Å². The lowest BCUT2D eigenvalue weighted by atomic mass is 9.74. The largest absolute Gasteiger partial charge is 0.457 e. The van der Waals surface area contributed by atoms with Crippen LogP contribution in [0.15, 0.2) is 39.6 Å². The van der Waals surface area contributed by atoms with Gasteiger partial charge in [-0.1, -0.05) is 6.07 Å². The van der Waals surface area contributed by atoms with E-state index < -0.39 is 11.6 Å². The zero-order chi connectivity index (χ0) is 15.0. The zero-order valence-electron chi connectivity index (χ0n) is 10.9. The van der Waals surface area contributed by atoms with E-state index in [1.54, 1.807) is 6.07 Å². The van der Waals surface area contributed by atoms with Crippen molar-refractivity contribution >= 4 is 21.8 Å². The van der Waals surface area contributed by atoms with E-state index in [-0.39, 0.29) is 17.9 Å². The predicted molar refractivity (Wildman–Crippen MR) is 76.0 cm³/mol. The van der Waals surface area contributed by atoms with Crippen LogP contribution in [-0.4, -0.2) is 11.9 Å². The number of hydrogen-bond acceptors (Lipinski definition) is 2. The summed E-state index contributed by atoms with van der Waals surface area (Å²) in [4.78, 5) is 12.1. The summed E-state index contributed by atoms with van der Waals surface area (Å²) in [5, 5.41) is 2.86. The molecule has 3 nitrogen and oxygen atoms in total. The SMILES string of the molecule is O=C(N[C@H]1CC[C@H]1c1ccc(F)cc1F)c1ccoc1Br. The van der Waals surface area contributed by atoms with E-state index in [1.165, 1.54) is 18.4 Å². The molecule has 1 fully saturated rings. The Bertz CT molecular complexity index is 686. The van der Waals surface area contributed by atoms with E-state index in [2.05, 4.69) is 21.2 Å². The molecule has 1 aliphatic carbocycles. The van der Waals surface area contributed by atoms with Crippen molar-refractivity contribution in [2.45, 2.75) is 24.8 Å². The zero-order valence-corrected chi connectivity index (χ0v) is 12.5. The Hall–Kier alpha value is -1.69. The fourth-order valence-electron chi connectivity index (χ4n) is 2.55. The van der Waals surface area contributed by atoms with E-state index in [9.17, 15) is 13.6 Å². The molecule has 0 bridgehead atoms. The van der Waals surface area contributed by atoms with Crippen molar-refractivity contribution < 1.29 is 18.0 Å². The third-order valence-electron chi connectivity index (χ3n) is 3.82. The van der Waals surface area contributed by atoms with E-state index in [1.807, 2.05) is 0 Å². The highest BCUT2D eigenvalue weighted by Gasteiger charge is 2.35. The summed E-state index contributed by atoms with van der Waals surface area (Å²) in [6.07, 6.45) is 2.94. The summed E-state index contributed by atoms with van der Waals surface area (Å²) in [5.74, 6) is -1.56. The third-order valence-corrected chi connectivity index (χ3v) is 4.43. The van der Waals surface area contributed by atoms with E-state index >= 15 is 0 Å². The van der Waals surface area contributed by atoms with Gasteiger partial charge in [0.25, 0.3) is 5.91 Å². The van der Waals surface area contributed by atoms with Crippen molar-refractivity contribution in [1.29, 1.82) is 0 Å². The van der Waals surface area contributed by atoms with Gasteiger partial charge in [0, 0.05) is 18.0 Å². The lowest BCUT2D eigenvalue weighted by Crippen LogP contribution is -2.45. The predicted octanol–water partition coefficient (Wildman–Crippen LogP) is 4.00. The first-order chi connectivity index (χ1) is 10.1. The quantitative estimate of drug-likeness (QED) is 0.904. The van der Waals surface area contributed by atoms with Crippen LogP contribution >= 0.6 is 15.9 Å². The van der Waals surface area contributed by atoms with Crippen LogP contribution in [0.5, 0.6) is 0 Å². The van der Waals surface area contributed by atoms with Gasteiger partial charge in [0.15, 0.2) is 4.67 Å². The van der Waals surface area contributed by atoms with Gasteiger partial charge in [0.05, 0.1) is 11.8 Å². The summed E-state index contributed by atoms with van der Waals surface area (Å²) in [6.45, 7) is 0. The van der Waals surface area contributed by atoms with Crippen LogP contribution in [0.4, 0.5) is 8.78 Å². The maximum absolute atomic E-state index is 13.8. The van der Waals surface area contributed by atoms with Crippen LogP contribution < -0.4 is 5.32 Å². The highest BCUT2D eigenvalue weighted by atomic mass is 79.9. The van der Waals surface area contributed by atoms with E-state index in [4.69, 9.17) is 4.42 Å². The molecular weight excluding hydrogens is 344 g/mol. The highest BCUT2D eigenvalue weighted by molar-refractivity contribution is 9.10. The molecule has 1 N–H and O–H groups in total. The molecule has 3 rings (SSSR count). The van der Waals surface area contributed by atoms with E-state index in [0.717, 1.165) is 18.9 Å². The molecule has 1 saturated carbocycles. The monoisotopic (exact) mass is 355 g/mol. The Balaban J connectivity index is 1.73. The first kappa shape index (κ1) is 14.3. The van der Waals surface area contributed by atoms with Gasteiger partial charge in [-0.3, -0.25) is 4.79 Å². The molecule has 0 spiro atoms. The smallest absolute Gasteiger partial charge is 0.255 e. The fraction of sp³-hybridized carbons (Fsp3) is 0.267. The Morgan fingerprint density at radius 1 is 1.29 bits per heavy atom. The lowest BCUT2D eigenvalue weighted by Gasteiger charge is -2.37. The minimum atomic E-state index is -0.599. The standard InChI is InChI=1S/C15H12BrF2NO2/c16-14-11(5-6-21-14)15(20)19-13-4-3-10(13)9-2-1-8(17)7-12(9)18/h1-2,5-7,10,13H,3-4H2,(H,19,20)/t10-,13-/m0/s1. The Morgan fingerprint density at radius 2 is 2.10 bits per heavy atom. The van der Waals surface area contributed by atoms with Crippen LogP contribution in [0, 0.1) is 11.6 Å². The van der Waals surface area contributed by atoms with Crippen LogP contribution in [0.2, 0.25) is 0 Å². The maximum Gasteiger partial charge on any atom is 0.255 e. The van der Waals surface area contributed by atoms with Gasteiger partial charge in [-0.05, 0) is 46.5 Å². The number of amides is 1. The second-order valence-corrected chi connectivity index (χ2v) is 5.76. The Kier molecular flexibility index (Phi) is 3.80. The van der Waals surface area contributed by atoms with Crippen LogP contribution in [-0.2, 0) is 0 Å². The third kappa shape index (κ3) is 2.72. The molecule has 0 radical (unpaired) electrons. The first-order valence-electron chi connectivity index (χ1n) is 6.55. The molecule has 2 atom stereocenters. The molecule has 1 aliphatic rings. The molecule has 1 heterocycles. The maximum atomic E-state index is 13.8. The molecule has 2 aromatic rings. The summed E-state index contributed by atoms with van der Waals surface area (Å²) < 4.78 is 32.1. The van der Waals surface area contributed by atoms with Gasteiger partial charge in [-0.2, -0.15) is 0 Å². The van der Waals surface area contributed by atoms with Crippen molar-refractivity contribution in [2.75, 3.05) is 0 Å². The number of benzene rings is 1. The molecular formula is C15H12BrF2NO2. The summed E-state index contributed by atoms with van der Waals surface area (Å²) in [7, 11) is 0. The van der Waals surface area contributed by atoms with Gasteiger partial charge in [-0.15, -0.1) is 0 Å². The topological polar surface area (TPSA) is 42.2 Å². The number of furan rings is 1.